The average Bonchev–Trinajstić information content (AvgIpc) is 2.97. The fourth-order valence-corrected chi connectivity index (χ4v) is 3.24. The fraction of sp³-hybridized carbons (Fsp3) is 0.444. The first-order valence-corrected chi connectivity index (χ1v) is 8.56. The van der Waals surface area contributed by atoms with Gasteiger partial charge in [0, 0.05) is 37.1 Å². The highest BCUT2D eigenvalue weighted by molar-refractivity contribution is 6.01. The first kappa shape index (κ1) is 16.5. The number of aryl methyl sites for hydroxylation is 1. The number of para-hydroxylation sites is 1. The van der Waals surface area contributed by atoms with E-state index in [0.29, 0.717) is 25.3 Å². The third-order valence-corrected chi connectivity index (χ3v) is 4.45. The van der Waals surface area contributed by atoms with Crippen LogP contribution in [0.1, 0.15) is 29.4 Å². The summed E-state index contributed by atoms with van der Waals surface area (Å²) in [4.78, 5) is 29.2. The van der Waals surface area contributed by atoms with E-state index in [0.717, 1.165) is 42.4 Å². The second kappa shape index (κ2) is 7.49. The van der Waals surface area contributed by atoms with E-state index in [-0.39, 0.29) is 11.8 Å². The Hall–Kier alpha value is -2.34. The number of amides is 2. The molecule has 6 heteroatoms. The third kappa shape index (κ3) is 3.59. The molecule has 0 spiro atoms. The predicted octanol–water partition coefficient (Wildman–Crippen LogP) is 1.28. The molecule has 0 radical (unpaired) electrons. The molecule has 1 saturated heterocycles. The van der Waals surface area contributed by atoms with Crippen LogP contribution in [0, 0.1) is 0 Å². The summed E-state index contributed by atoms with van der Waals surface area (Å²) in [5.74, 6) is 0.0235. The number of piperazine rings is 1. The Morgan fingerprint density at radius 3 is 2.96 bits per heavy atom. The highest BCUT2D eigenvalue weighted by atomic mass is 16.2. The SMILES string of the molecule is CCc1c(C(=O)NCCCN2CCNC(=O)C2)[nH]c2ccccc12. The lowest BCUT2D eigenvalue weighted by Gasteiger charge is -2.26. The second-order valence-corrected chi connectivity index (χ2v) is 6.11. The normalized spacial score (nSPS) is 15.5. The Morgan fingerprint density at radius 2 is 2.17 bits per heavy atom. The fourth-order valence-electron chi connectivity index (χ4n) is 3.24. The van der Waals surface area contributed by atoms with Gasteiger partial charge in [-0.2, -0.15) is 0 Å². The van der Waals surface area contributed by atoms with Gasteiger partial charge in [0.15, 0.2) is 0 Å². The number of hydrogen-bond donors (Lipinski definition) is 3. The monoisotopic (exact) mass is 328 g/mol. The number of benzene rings is 1. The molecular weight excluding hydrogens is 304 g/mol. The molecule has 0 unspecified atom stereocenters. The third-order valence-electron chi connectivity index (χ3n) is 4.45. The zero-order chi connectivity index (χ0) is 16.9. The van der Waals surface area contributed by atoms with Gasteiger partial charge in [0.2, 0.25) is 5.91 Å². The Kier molecular flexibility index (Phi) is 5.15. The van der Waals surface area contributed by atoms with Crippen LogP contribution in [0.3, 0.4) is 0 Å². The van der Waals surface area contributed by atoms with Crippen molar-refractivity contribution in [3.63, 3.8) is 0 Å². The highest BCUT2D eigenvalue weighted by Gasteiger charge is 2.17. The topological polar surface area (TPSA) is 77.2 Å². The summed E-state index contributed by atoms with van der Waals surface area (Å²) in [6.07, 6.45) is 1.65. The summed E-state index contributed by atoms with van der Waals surface area (Å²) in [6, 6.07) is 8.00. The molecule has 3 N–H and O–H groups in total. The molecule has 0 bridgehead atoms. The highest BCUT2D eigenvalue weighted by Crippen LogP contribution is 2.22. The van der Waals surface area contributed by atoms with Crippen molar-refractivity contribution in [1.29, 1.82) is 0 Å². The van der Waals surface area contributed by atoms with Crippen LogP contribution in [0.15, 0.2) is 24.3 Å². The van der Waals surface area contributed by atoms with Gasteiger partial charge in [-0.3, -0.25) is 14.5 Å². The van der Waals surface area contributed by atoms with Crippen molar-refractivity contribution in [3.8, 4) is 0 Å². The first-order valence-electron chi connectivity index (χ1n) is 8.56. The molecule has 6 nitrogen and oxygen atoms in total. The van der Waals surface area contributed by atoms with Crippen LogP contribution in [-0.2, 0) is 11.2 Å². The second-order valence-electron chi connectivity index (χ2n) is 6.11. The van der Waals surface area contributed by atoms with Crippen LogP contribution in [0.5, 0.6) is 0 Å². The lowest BCUT2D eigenvalue weighted by molar-refractivity contribution is -0.124. The van der Waals surface area contributed by atoms with E-state index in [9.17, 15) is 9.59 Å². The predicted molar refractivity (Wildman–Crippen MR) is 94.1 cm³/mol. The van der Waals surface area contributed by atoms with E-state index in [1.165, 1.54) is 0 Å². The van der Waals surface area contributed by atoms with Gasteiger partial charge in [-0.1, -0.05) is 25.1 Å². The molecule has 0 atom stereocenters. The molecular formula is C18H24N4O2. The summed E-state index contributed by atoms with van der Waals surface area (Å²) in [5, 5.41) is 6.92. The van der Waals surface area contributed by atoms with Crippen LogP contribution in [0.2, 0.25) is 0 Å². The van der Waals surface area contributed by atoms with Crippen molar-refractivity contribution < 1.29 is 9.59 Å². The number of carbonyl (C=O) groups is 2. The largest absolute Gasteiger partial charge is 0.354 e. The van der Waals surface area contributed by atoms with Crippen LogP contribution < -0.4 is 10.6 Å². The summed E-state index contributed by atoms with van der Waals surface area (Å²) in [6.45, 7) is 5.53. The van der Waals surface area contributed by atoms with Crippen LogP contribution in [0.4, 0.5) is 0 Å². The Bertz CT molecular complexity index is 738. The molecule has 128 valence electrons. The number of carbonyl (C=O) groups excluding carboxylic acids is 2. The van der Waals surface area contributed by atoms with Gasteiger partial charge in [-0.05, 0) is 24.5 Å². The lowest BCUT2D eigenvalue weighted by Crippen LogP contribution is -2.48. The van der Waals surface area contributed by atoms with E-state index in [1.807, 2.05) is 24.3 Å². The molecule has 3 rings (SSSR count). The van der Waals surface area contributed by atoms with Crippen molar-refractivity contribution in [2.45, 2.75) is 19.8 Å². The molecule has 24 heavy (non-hydrogen) atoms. The van der Waals surface area contributed by atoms with E-state index in [1.54, 1.807) is 0 Å². The van der Waals surface area contributed by atoms with E-state index in [2.05, 4.69) is 27.4 Å². The maximum Gasteiger partial charge on any atom is 0.268 e. The molecule has 2 amide bonds. The minimum Gasteiger partial charge on any atom is -0.354 e. The van der Waals surface area contributed by atoms with E-state index < -0.39 is 0 Å². The van der Waals surface area contributed by atoms with Crippen LogP contribution >= 0.6 is 0 Å². The summed E-state index contributed by atoms with van der Waals surface area (Å²) in [7, 11) is 0. The molecule has 2 aromatic rings. The number of fused-ring (bicyclic) bond motifs is 1. The molecule has 1 fully saturated rings. The van der Waals surface area contributed by atoms with E-state index >= 15 is 0 Å². The van der Waals surface area contributed by atoms with Gasteiger partial charge in [-0.15, -0.1) is 0 Å². The summed E-state index contributed by atoms with van der Waals surface area (Å²) < 4.78 is 0. The van der Waals surface area contributed by atoms with Crippen molar-refractivity contribution in [2.24, 2.45) is 0 Å². The van der Waals surface area contributed by atoms with Gasteiger partial charge in [-0.25, -0.2) is 0 Å². The minimum absolute atomic E-state index is 0.0561. The van der Waals surface area contributed by atoms with Crippen LogP contribution in [0.25, 0.3) is 10.9 Å². The van der Waals surface area contributed by atoms with Gasteiger partial charge in [0.1, 0.15) is 5.69 Å². The molecule has 1 aromatic carbocycles. The summed E-state index contributed by atoms with van der Waals surface area (Å²) in [5.41, 5.74) is 2.73. The molecule has 1 aliphatic heterocycles. The van der Waals surface area contributed by atoms with Gasteiger partial charge in [0.05, 0.1) is 6.54 Å². The number of aromatic nitrogens is 1. The van der Waals surface area contributed by atoms with E-state index in [4.69, 9.17) is 0 Å². The number of rotatable bonds is 6. The summed E-state index contributed by atoms with van der Waals surface area (Å²) >= 11 is 0. The maximum absolute atomic E-state index is 12.5. The van der Waals surface area contributed by atoms with Gasteiger partial charge >= 0.3 is 0 Å². The number of hydrogen-bond acceptors (Lipinski definition) is 3. The smallest absolute Gasteiger partial charge is 0.268 e. The van der Waals surface area contributed by atoms with Crippen molar-refractivity contribution in [1.82, 2.24) is 20.5 Å². The molecule has 0 saturated carbocycles. The number of nitrogens with zero attached hydrogens (tertiary/aromatic N) is 1. The van der Waals surface area contributed by atoms with Crippen molar-refractivity contribution in [2.75, 3.05) is 32.7 Å². The zero-order valence-electron chi connectivity index (χ0n) is 14.0. The molecule has 1 aliphatic rings. The zero-order valence-corrected chi connectivity index (χ0v) is 14.0. The maximum atomic E-state index is 12.5. The van der Waals surface area contributed by atoms with Crippen molar-refractivity contribution >= 4 is 22.7 Å². The molecule has 2 heterocycles. The standard InChI is InChI=1S/C18H24N4O2/c1-2-13-14-6-3-4-7-15(14)21-17(13)18(24)20-8-5-10-22-11-9-19-16(23)12-22/h3-4,6-7,21H,2,5,8-12H2,1H3,(H,19,23)(H,20,24). The first-order chi connectivity index (χ1) is 11.7. The Morgan fingerprint density at radius 1 is 1.33 bits per heavy atom. The van der Waals surface area contributed by atoms with Gasteiger partial charge < -0.3 is 15.6 Å². The van der Waals surface area contributed by atoms with Crippen LogP contribution in [-0.4, -0.2) is 54.4 Å². The van der Waals surface area contributed by atoms with Gasteiger partial charge in [0.25, 0.3) is 5.91 Å². The lowest BCUT2D eigenvalue weighted by atomic mass is 10.1. The quantitative estimate of drug-likeness (QED) is 0.699. The number of aromatic amines is 1. The number of nitrogens with one attached hydrogen (secondary N) is 3. The Balaban J connectivity index is 1.54. The molecule has 1 aromatic heterocycles. The Labute approximate surface area is 141 Å². The molecule has 0 aliphatic carbocycles. The minimum atomic E-state index is -0.0561. The van der Waals surface area contributed by atoms with Crippen molar-refractivity contribution in [3.05, 3.63) is 35.5 Å². The average molecular weight is 328 g/mol. The number of H-pyrrole nitrogens is 1.